The van der Waals surface area contributed by atoms with E-state index in [-0.39, 0.29) is 17.6 Å². The number of hydrogen-bond donors (Lipinski definition) is 2. The van der Waals surface area contributed by atoms with Crippen molar-refractivity contribution in [3.63, 3.8) is 0 Å². The second kappa shape index (κ2) is 9.87. The third-order valence-electron chi connectivity index (χ3n) is 7.00. The summed E-state index contributed by atoms with van der Waals surface area (Å²) < 4.78 is 0. The van der Waals surface area contributed by atoms with Crippen LogP contribution in [0, 0.1) is 10.8 Å². The highest BCUT2D eigenvalue weighted by Crippen LogP contribution is 2.39. The number of carbonyl (C=O) groups excluding carboxylic acids is 3. The van der Waals surface area contributed by atoms with E-state index in [4.69, 9.17) is 4.99 Å². The molecule has 1 heterocycles. The number of aliphatic imine (C=N–C) groups is 2. The van der Waals surface area contributed by atoms with E-state index in [2.05, 4.69) is 22.5 Å². The lowest BCUT2D eigenvalue weighted by molar-refractivity contribution is -0.143. The van der Waals surface area contributed by atoms with Gasteiger partial charge in [0.15, 0.2) is 11.9 Å². The Kier molecular flexibility index (Phi) is 6.91. The van der Waals surface area contributed by atoms with Crippen molar-refractivity contribution in [2.24, 2.45) is 20.8 Å². The van der Waals surface area contributed by atoms with Crippen LogP contribution >= 0.6 is 0 Å². The van der Waals surface area contributed by atoms with Crippen LogP contribution in [-0.2, 0) is 14.4 Å². The highest BCUT2D eigenvalue weighted by molar-refractivity contribution is 6.24. The van der Waals surface area contributed by atoms with E-state index in [0.29, 0.717) is 30.8 Å². The van der Waals surface area contributed by atoms with Gasteiger partial charge in [0.05, 0.1) is 16.8 Å². The molecule has 2 atom stereocenters. The monoisotopic (exact) mass is 460 g/mol. The van der Waals surface area contributed by atoms with Crippen molar-refractivity contribution in [1.82, 2.24) is 10.6 Å². The highest BCUT2D eigenvalue weighted by atomic mass is 16.2. The largest absolute Gasteiger partial charge is 0.355 e. The SMILES string of the molecule is CCCCNC(=O)C1(C(=O)N[C@@H]2C=Nc3ccccc3C(C3(C)C=CC=CC3=O)=N2)CCCC1. The molecule has 0 bridgehead atoms. The smallest absolute Gasteiger partial charge is 0.237 e. The van der Waals surface area contributed by atoms with Gasteiger partial charge in [-0.2, -0.15) is 0 Å². The number of ketones is 1. The fourth-order valence-electron chi connectivity index (χ4n) is 4.86. The average molecular weight is 461 g/mol. The van der Waals surface area contributed by atoms with Crippen molar-refractivity contribution in [2.45, 2.75) is 58.5 Å². The number of nitrogens with zero attached hydrogens (tertiary/aromatic N) is 2. The van der Waals surface area contributed by atoms with Crippen molar-refractivity contribution >= 4 is 35.2 Å². The molecule has 1 unspecified atom stereocenters. The molecule has 178 valence electrons. The summed E-state index contributed by atoms with van der Waals surface area (Å²) in [4.78, 5) is 48.9. The van der Waals surface area contributed by atoms with E-state index < -0.39 is 17.0 Å². The molecule has 2 aliphatic carbocycles. The average Bonchev–Trinajstić information content (AvgIpc) is 3.27. The molecule has 7 heteroatoms. The molecule has 1 aromatic rings. The minimum atomic E-state index is -1.09. The van der Waals surface area contributed by atoms with Crippen molar-refractivity contribution in [3.05, 3.63) is 54.1 Å². The van der Waals surface area contributed by atoms with Gasteiger partial charge in [0, 0.05) is 18.3 Å². The Labute approximate surface area is 200 Å². The standard InChI is InChI=1S/C27H32N4O3/c1-3-4-17-28-24(33)27(15-9-10-16-27)25(34)31-22-18-29-20-12-6-5-11-19(20)23(30-22)26(2)14-8-7-13-21(26)32/h5-8,11-14,18,22H,3-4,9-10,15-17H2,1-2H3,(H,28,33)(H,31,34)/t22-,26?/m1/s1. The van der Waals surface area contributed by atoms with E-state index in [0.717, 1.165) is 31.2 Å². The van der Waals surface area contributed by atoms with Crippen LogP contribution in [0.25, 0.3) is 0 Å². The quantitative estimate of drug-likeness (QED) is 0.478. The number of para-hydroxylation sites is 1. The maximum atomic E-state index is 13.5. The molecule has 3 aliphatic rings. The van der Waals surface area contributed by atoms with E-state index in [9.17, 15) is 14.4 Å². The topological polar surface area (TPSA) is 100.0 Å². The predicted octanol–water partition coefficient (Wildman–Crippen LogP) is 3.81. The number of rotatable bonds is 7. The Morgan fingerprint density at radius 2 is 1.88 bits per heavy atom. The van der Waals surface area contributed by atoms with Crippen molar-refractivity contribution in [2.75, 3.05) is 6.54 Å². The number of hydrogen-bond acceptors (Lipinski definition) is 5. The van der Waals surface area contributed by atoms with Crippen molar-refractivity contribution in [1.29, 1.82) is 0 Å². The van der Waals surface area contributed by atoms with Crippen LogP contribution in [0.15, 0.2) is 58.6 Å². The normalized spacial score (nSPS) is 24.8. The highest BCUT2D eigenvalue weighted by Gasteiger charge is 2.48. The lowest BCUT2D eigenvalue weighted by atomic mass is 9.75. The van der Waals surface area contributed by atoms with Crippen molar-refractivity contribution < 1.29 is 14.4 Å². The first-order chi connectivity index (χ1) is 16.4. The molecule has 0 spiro atoms. The minimum absolute atomic E-state index is 0.0851. The summed E-state index contributed by atoms with van der Waals surface area (Å²) in [7, 11) is 0. The number of fused-ring (bicyclic) bond motifs is 1. The number of unbranched alkanes of at least 4 members (excludes halogenated alkanes) is 1. The predicted molar refractivity (Wildman–Crippen MR) is 133 cm³/mol. The number of carbonyl (C=O) groups is 3. The van der Waals surface area contributed by atoms with Crippen LogP contribution in [-0.4, -0.2) is 42.2 Å². The molecule has 34 heavy (non-hydrogen) atoms. The van der Waals surface area contributed by atoms with Gasteiger partial charge in [-0.3, -0.25) is 24.4 Å². The molecule has 0 saturated heterocycles. The number of amides is 2. The Hall–Kier alpha value is -3.35. The molecular formula is C27H32N4O3. The fourth-order valence-corrected chi connectivity index (χ4v) is 4.86. The van der Waals surface area contributed by atoms with Crippen LogP contribution in [0.4, 0.5) is 5.69 Å². The van der Waals surface area contributed by atoms with Crippen LogP contribution in [0.1, 0.15) is 57.9 Å². The van der Waals surface area contributed by atoms with Gasteiger partial charge in [0.1, 0.15) is 5.41 Å². The second-order valence-corrected chi connectivity index (χ2v) is 9.37. The zero-order valence-electron chi connectivity index (χ0n) is 19.8. The molecular weight excluding hydrogens is 428 g/mol. The fraction of sp³-hybridized carbons (Fsp3) is 0.444. The summed E-state index contributed by atoms with van der Waals surface area (Å²) in [6, 6.07) is 7.51. The van der Waals surface area contributed by atoms with Crippen LogP contribution < -0.4 is 10.6 Å². The Bertz CT molecular complexity index is 1090. The number of allylic oxidation sites excluding steroid dienone is 4. The lowest BCUT2D eigenvalue weighted by Gasteiger charge is -2.29. The van der Waals surface area contributed by atoms with Gasteiger partial charge >= 0.3 is 0 Å². The van der Waals surface area contributed by atoms with E-state index in [1.807, 2.05) is 43.3 Å². The molecule has 2 amide bonds. The Balaban J connectivity index is 1.65. The minimum Gasteiger partial charge on any atom is -0.355 e. The number of benzene rings is 1. The molecule has 1 saturated carbocycles. The van der Waals surface area contributed by atoms with Crippen LogP contribution in [0.5, 0.6) is 0 Å². The number of nitrogens with one attached hydrogen (secondary N) is 2. The Morgan fingerprint density at radius 1 is 1.12 bits per heavy atom. The zero-order valence-corrected chi connectivity index (χ0v) is 19.8. The first-order valence-corrected chi connectivity index (χ1v) is 12.1. The summed E-state index contributed by atoms with van der Waals surface area (Å²) in [5, 5.41) is 5.91. The van der Waals surface area contributed by atoms with E-state index >= 15 is 0 Å². The van der Waals surface area contributed by atoms with Crippen molar-refractivity contribution in [3.8, 4) is 0 Å². The summed E-state index contributed by atoms with van der Waals surface area (Å²) in [6.45, 7) is 4.45. The molecule has 0 radical (unpaired) electrons. The third-order valence-corrected chi connectivity index (χ3v) is 7.00. The van der Waals surface area contributed by atoms with Gasteiger partial charge in [-0.05, 0) is 38.3 Å². The molecule has 1 fully saturated rings. The van der Waals surface area contributed by atoms with Gasteiger partial charge in [0.25, 0.3) is 0 Å². The molecule has 4 rings (SSSR count). The molecule has 0 aromatic heterocycles. The lowest BCUT2D eigenvalue weighted by Crippen LogP contribution is -2.52. The van der Waals surface area contributed by atoms with Gasteiger partial charge in [-0.25, -0.2) is 0 Å². The summed E-state index contributed by atoms with van der Waals surface area (Å²) in [5.41, 5.74) is -0.0975. The summed E-state index contributed by atoms with van der Waals surface area (Å²) >= 11 is 0. The molecule has 1 aliphatic heterocycles. The van der Waals surface area contributed by atoms with Crippen LogP contribution in [0.2, 0.25) is 0 Å². The maximum absolute atomic E-state index is 13.5. The molecule has 2 N–H and O–H groups in total. The molecule has 7 nitrogen and oxygen atoms in total. The summed E-state index contributed by atoms with van der Waals surface area (Å²) in [6.07, 6.45) is 12.2. The van der Waals surface area contributed by atoms with Gasteiger partial charge in [0.2, 0.25) is 11.8 Å². The van der Waals surface area contributed by atoms with E-state index in [1.54, 1.807) is 18.4 Å². The molecule has 1 aromatic carbocycles. The zero-order chi connectivity index (χ0) is 24.2. The van der Waals surface area contributed by atoms with Gasteiger partial charge in [-0.1, -0.05) is 62.6 Å². The third kappa shape index (κ3) is 4.39. The van der Waals surface area contributed by atoms with Gasteiger partial charge in [-0.15, -0.1) is 0 Å². The summed E-state index contributed by atoms with van der Waals surface area (Å²) in [5.74, 6) is -0.630. The first-order valence-electron chi connectivity index (χ1n) is 12.1. The van der Waals surface area contributed by atoms with E-state index in [1.165, 1.54) is 0 Å². The first kappa shape index (κ1) is 23.8. The van der Waals surface area contributed by atoms with Gasteiger partial charge < -0.3 is 10.6 Å². The Morgan fingerprint density at radius 3 is 2.62 bits per heavy atom. The second-order valence-electron chi connectivity index (χ2n) is 9.37. The maximum Gasteiger partial charge on any atom is 0.237 e. The van der Waals surface area contributed by atoms with Crippen LogP contribution in [0.3, 0.4) is 0 Å².